The van der Waals surface area contributed by atoms with E-state index in [1.54, 1.807) is 6.92 Å². The maximum Gasteiger partial charge on any atom is 0.266 e. The van der Waals surface area contributed by atoms with E-state index in [-0.39, 0.29) is 17.7 Å². The Bertz CT molecular complexity index is 496. The van der Waals surface area contributed by atoms with Gasteiger partial charge in [-0.3, -0.25) is 9.59 Å². The molecule has 1 aliphatic rings. The number of nitrogens with zero attached hydrogens (tertiary/aromatic N) is 2. The highest BCUT2D eigenvalue weighted by Crippen LogP contribution is 2.26. The van der Waals surface area contributed by atoms with Crippen LogP contribution in [0.5, 0.6) is 0 Å². The summed E-state index contributed by atoms with van der Waals surface area (Å²) in [4.78, 5) is 30.9. The summed E-state index contributed by atoms with van der Waals surface area (Å²) < 4.78 is 0. The van der Waals surface area contributed by atoms with Crippen LogP contribution in [0.25, 0.3) is 0 Å². The van der Waals surface area contributed by atoms with Crippen molar-refractivity contribution in [1.29, 1.82) is 0 Å². The van der Waals surface area contributed by atoms with Crippen molar-refractivity contribution in [2.75, 3.05) is 6.54 Å². The average molecular weight is 280 g/mol. The molecule has 1 amide bonds. The number of aryl methyl sites for hydroxylation is 2. The van der Waals surface area contributed by atoms with Gasteiger partial charge in [0.25, 0.3) is 5.91 Å². The number of piperidine rings is 1. The van der Waals surface area contributed by atoms with Gasteiger partial charge in [0, 0.05) is 19.0 Å². The van der Waals surface area contributed by atoms with Gasteiger partial charge in [-0.25, -0.2) is 4.98 Å². The molecule has 0 radical (unpaired) electrons. The van der Waals surface area contributed by atoms with E-state index in [1.807, 2.05) is 18.7 Å². The zero-order chi connectivity index (χ0) is 14.0. The topological polar surface area (TPSA) is 50.3 Å². The van der Waals surface area contributed by atoms with Gasteiger partial charge in [0.05, 0.1) is 10.7 Å². The van der Waals surface area contributed by atoms with Crippen molar-refractivity contribution in [2.45, 2.75) is 52.5 Å². The van der Waals surface area contributed by atoms with E-state index in [4.69, 9.17) is 0 Å². The number of carbonyl (C=O) groups excluding carboxylic acids is 2. The van der Waals surface area contributed by atoms with Crippen molar-refractivity contribution in [3.8, 4) is 0 Å². The number of aromatic nitrogens is 1. The molecule has 1 unspecified atom stereocenters. The molecule has 0 spiro atoms. The molecule has 1 aliphatic heterocycles. The first kappa shape index (κ1) is 14.2. The third kappa shape index (κ3) is 3.21. The number of Topliss-reactive ketones (excluding diaryl/α,β-unsaturated/α-hetero) is 1. The first-order valence-electron chi connectivity index (χ1n) is 6.73. The Balaban J connectivity index is 2.19. The van der Waals surface area contributed by atoms with Crippen LogP contribution >= 0.6 is 11.3 Å². The van der Waals surface area contributed by atoms with Gasteiger partial charge in [0.15, 0.2) is 0 Å². The summed E-state index contributed by atoms with van der Waals surface area (Å²) >= 11 is 1.45. The Hall–Kier alpha value is -1.23. The number of rotatable bonds is 3. The van der Waals surface area contributed by atoms with Gasteiger partial charge >= 0.3 is 0 Å². The molecule has 1 saturated heterocycles. The Morgan fingerprint density at radius 1 is 1.37 bits per heavy atom. The molecule has 0 aromatic carbocycles. The molecule has 2 heterocycles. The van der Waals surface area contributed by atoms with Crippen molar-refractivity contribution in [1.82, 2.24) is 9.88 Å². The summed E-state index contributed by atoms with van der Waals surface area (Å²) in [6, 6.07) is 0.0700. The number of hydrogen-bond donors (Lipinski definition) is 0. The van der Waals surface area contributed by atoms with Crippen LogP contribution in [0, 0.1) is 13.8 Å². The van der Waals surface area contributed by atoms with Crippen LogP contribution in [0.1, 0.15) is 53.0 Å². The van der Waals surface area contributed by atoms with Crippen LogP contribution in [-0.4, -0.2) is 34.2 Å². The lowest BCUT2D eigenvalue weighted by atomic mass is 9.97. The van der Waals surface area contributed by atoms with E-state index in [0.29, 0.717) is 6.42 Å². The molecule has 5 heteroatoms. The minimum atomic E-state index is 0.0500. The van der Waals surface area contributed by atoms with Crippen molar-refractivity contribution in [3.05, 3.63) is 15.6 Å². The standard InChI is InChI=1S/C14H20N2O2S/c1-9(17)8-12-6-4-5-7-16(12)14(18)13-10(2)15-11(3)19-13/h12H,4-8H2,1-3H3. The van der Waals surface area contributed by atoms with Crippen molar-refractivity contribution >= 4 is 23.0 Å². The highest BCUT2D eigenvalue weighted by Gasteiger charge is 2.30. The van der Waals surface area contributed by atoms with E-state index >= 15 is 0 Å². The summed E-state index contributed by atoms with van der Waals surface area (Å²) in [6.07, 6.45) is 3.53. The number of carbonyl (C=O) groups is 2. The van der Waals surface area contributed by atoms with Gasteiger partial charge in [-0.1, -0.05) is 0 Å². The van der Waals surface area contributed by atoms with Crippen LogP contribution in [-0.2, 0) is 4.79 Å². The Labute approximate surface area is 117 Å². The molecule has 0 saturated carbocycles. The van der Waals surface area contributed by atoms with Gasteiger partial charge in [0.1, 0.15) is 10.7 Å². The summed E-state index contributed by atoms with van der Waals surface area (Å²) in [6.45, 7) is 6.14. The molecule has 104 valence electrons. The van der Waals surface area contributed by atoms with Crippen molar-refractivity contribution < 1.29 is 9.59 Å². The molecule has 1 fully saturated rings. The smallest absolute Gasteiger partial charge is 0.266 e. The number of likely N-dealkylation sites (tertiary alicyclic amines) is 1. The molecule has 2 rings (SSSR count). The molecule has 0 bridgehead atoms. The summed E-state index contributed by atoms with van der Waals surface area (Å²) in [5.41, 5.74) is 0.805. The lowest BCUT2D eigenvalue weighted by molar-refractivity contribution is -0.118. The third-order valence-electron chi connectivity index (χ3n) is 3.51. The molecule has 1 aromatic heterocycles. The molecular weight excluding hydrogens is 260 g/mol. The zero-order valence-corrected chi connectivity index (χ0v) is 12.5. The summed E-state index contributed by atoms with van der Waals surface area (Å²) in [5, 5.41) is 0.918. The number of thiazole rings is 1. The number of amides is 1. The Morgan fingerprint density at radius 3 is 2.68 bits per heavy atom. The third-order valence-corrected chi connectivity index (χ3v) is 4.57. The van der Waals surface area contributed by atoms with E-state index in [2.05, 4.69) is 4.98 Å². The number of ketones is 1. The fourth-order valence-corrected chi connectivity index (χ4v) is 3.55. The molecule has 1 atom stereocenters. The predicted molar refractivity (Wildman–Crippen MR) is 75.6 cm³/mol. The molecule has 19 heavy (non-hydrogen) atoms. The van der Waals surface area contributed by atoms with Gasteiger partial charge in [0.2, 0.25) is 0 Å². The Kier molecular flexibility index (Phi) is 4.34. The SMILES string of the molecule is CC(=O)CC1CCCCN1C(=O)c1sc(C)nc1C. The minimum absolute atomic E-state index is 0.0500. The quantitative estimate of drug-likeness (QED) is 0.855. The van der Waals surface area contributed by atoms with Gasteiger partial charge < -0.3 is 4.90 Å². The van der Waals surface area contributed by atoms with Gasteiger partial charge in [-0.05, 0) is 40.0 Å². The van der Waals surface area contributed by atoms with Crippen LogP contribution in [0.2, 0.25) is 0 Å². The predicted octanol–water partition coefficient (Wildman–Crippen LogP) is 2.73. The summed E-state index contributed by atoms with van der Waals surface area (Å²) in [5.74, 6) is 0.205. The highest BCUT2D eigenvalue weighted by molar-refractivity contribution is 7.13. The van der Waals surface area contributed by atoms with Crippen molar-refractivity contribution in [2.24, 2.45) is 0 Å². The second kappa shape index (κ2) is 5.82. The number of hydrogen-bond acceptors (Lipinski definition) is 4. The highest BCUT2D eigenvalue weighted by atomic mass is 32.1. The van der Waals surface area contributed by atoms with Gasteiger partial charge in [-0.2, -0.15) is 0 Å². The normalized spacial score (nSPS) is 19.5. The maximum absolute atomic E-state index is 12.6. The molecular formula is C14H20N2O2S. The molecule has 1 aromatic rings. The van der Waals surface area contributed by atoms with Crippen LogP contribution < -0.4 is 0 Å². The monoisotopic (exact) mass is 280 g/mol. The second-order valence-corrected chi connectivity index (χ2v) is 6.40. The van der Waals surface area contributed by atoms with E-state index in [1.165, 1.54) is 11.3 Å². The molecule has 4 nitrogen and oxygen atoms in total. The Morgan fingerprint density at radius 2 is 2.11 bits per heavy atom. The van der Waals surface area contributed by atoms with Crippen LogP contribution in [0.15, 0.2) is 0 Å². The van der Waals surface area contributed by atoms with Crippen LogP contribution in [0.4, 0.5) is 0 Å². The van der Waals surface area contributed by atoms with Crippen molar-refractivity contribution in [3.63, 3.8) is 0 Å². The second-order valence-electron chi connectivity index (χ2n) is 5.20. The van der Waals surface area contributed by atoms with Gasteiger partial charge in [-0.15, -0.1) is 11.3 Å². The maximum atomic E-state index is 12.6. The van der Waals surface area contributed by atoms with E-state index in [9.17, 15) is 9.59 Å². The lowest BCUT2D eigenvalue weighted by Crippen LogP contribution is -2.44. The molecule has 0 aliphatic carbocycles. The van der Waals surface area contributed by atoms with E-state index in [0.717, 1.165) is 41.4 Å². The average Bonchev–Trinajstić information content (AvgIpc) is 2.67. The lowest BCUT2D eigenvalue weighted by Gasteiger charge is -2.35. The van der Waals surface area contributed by atoms with E-state index < -0.39 is 0 Å². The fourth-order valence-electron chi connectivity index (χ4n) is 2.67. The van der Waals surface area contributed by atoms with Crippen LogP contribution in [0.3, 0.4) is 0 Å². The largest absolute Gasteiger partial charge is 0.334 e. The first-order chi connectivity index (χ1) is 8.99. The molecule has 0 N–H and O–H groups in total. The fraction of sp³-hybridized carbons (Fsp3) is 0.643. The summed E-state index contributed by atoms with van der Waals surface area (Å²) in [7, 11) is 0. The minimum Gasteiger partial charge on any atom is -0.334 e. The zero-order valence-electron chi connectivity index (χ0n) is 11.7. The first-order valence-corrected chi connectivity index (χ1v) is 7.55.